The van der Waals surface area contributed by atoms with Crippen LogP contribution in [0.15, 0.2) is 73.1 Å². The zero-order valence-electron chi connectivity index (χ0n) is 14.7. The van der Waals surface area contributed by atoms with Gasteiger partial charge in [0.05, 0.1) is 6.04 Å². The maximum atomic E-state index is 13.3. The van der Waals surface area contributed by atoms with E-state index in [1.165, 1.54) is 12.1 Å². The van der Waals surface area contributed by atoms with E-state index in [2.05, 4.69) is 10.3 Å². The van der Waals surface area contributed by atoms with E-state index in [4.69, 9.17) is 0 Å². The van der Waals surface area contributed by atoms with Gasteiger partial charge in [0, 0.05) is 37.7 Å². The number of anilines is 1. The summed E-state index contributed by atoms with van der Waals surface area (Å²) in [6.45, 7) is 0. The largest absolute Gasteiger partial charge is 0.378 e. The Kier molecular flexibility index (Phi) is 5.27. The molecular weight excluding hydrogens is 329 g/mol. The summed E-state index contributed by atoms with van der Waals surface area (Å²) in [5.41, 5.74) is 3.27. The number of amides is 1. The highest BCUT2D eigenvalue weighted by atomic mass is 19.1. The first-order valence-corrected chi connectivity index (χ1v) is 8.28. The molecule has 1 heterocycles. The van der Waals surface area contributed by atoms with Crippen molar-refractivity contribution in [1.29, 1.82) is 0 Å². The zero-order valence-corrected chi connectivity index (χ0v) is 14.7. The molecule has 132 valence electrons. The van der Waals surface area contributed by atoms with Crippen LogP contribution >= 0.6 is 0 Å². The summed E-state index contributed by atoms with van der Waals surface area (Å²) < 4.78 is 13.3. The Hall–Kier alpha value is -3.21. The number of halogens is 1. The Balaban J connectivity index is 1.88. The van der Waals surface area contributed by atoms with Crippen LogP contribution in [-0.2, 0) is 0 Å². The van der Waals surface area contributed by atoms with Gasteiger partial charge in [-0.25, -0.2) is 4.39 Å². The predicted octanol–water partition coefficient (Wildman–Crippen LogP) is 3.81. The molecule has 2 aromatic carbocycles. The molecule has 0 radical (unpaired) electrons. The summed E-state index contributed by atoms with van der Waals surface area (Å²) >= 11 is 0. The lowest BCUT2D eigenvalue weighted by molar-refractivity contribution is 0.0943. The van der Waals surface area contributed by atoms with Gasteiger partial charge in [-0.2, -0.15) is 0 Å². The minimum absolute atomic E-state index is 0.193. The van der Waals surface area contributed by atoms with Crippen LogP contribution in [0.25, 0.3) is 0 Å². The van der Waals surface area contributed by atoms with Crippen LogP contribution in [0, 0.1) is 5.82 Å². The Morgan fingerprint density at radius 3 is 2.08 bits per heavy atom. The zero-order chi connectivity index (χ0) is 18.5. The minimum Gasteiger partial charge on any atom is -0.378 e. The molecule has 3 aromatic rings. The molecule has 0 aliphatic heterocycles. The molecule has 0 saturated heterocycles. The second-order valence-corrected chi connectivity index (χ2v) is 6.18. The topological polar surface area (TPSA) is 45.2 Å². The lowest BCUT2D eigenvalue weighted by atomic mass is 9.99. The number of benzene rings is 2. The smallest absolute Gasteiger partial charge is 0.252 e. The van der Waals surface area contributed by atoms with E-state index in [0.717, 1.165) is 16.8 Å². The molecule has 0 aliphatic rings. The van der Waals surface area contributed by atoms with Crippen LogP contribution in [0.2, 0.25) is 0 Å². The Morgan fingerprint density at radius 2 is 1.50 bits per heavy atom. The number of hydrogen-bond acceptors (Lipinski definition) is 3. The predicted molar refractivity (Wildman–Crippen MR) is 101 cm³/mol. The lowest BCUT2D eigenvalue weighted by Gasteiger charge is -2.20. The van der Waals surface area contributed by atoms with Gasteiger partial charge in [0.1, 0.15) is 5.82 Å². The fraction of sp³-hybridized carbons (Fsp3) is 0.143. The molecule has 0 aliphatic carbocycles. The first-order valence-electron chi connectivity index (χ1n) is 8.28. The summed E-state index contributed by atoms with van der Waals surface area (Å²) in [6.07, 6.45) is 3.34. The lowest BCUT2D eigenvalue weighted by Crippen LogP contribution is -2.29. The third-order valence-electron chi connectivity index (χ3n) is 4.16. The molecule has 0 fully saturated rings. The van der Waals surface area contributed by atoms with Crippen molar-refractivity contribution in [2.45, 2.75) is 6.04 Å². The fourth-order valence-electron chi connectivity index (χ4n) is 2.70. The number of carbonyl (C=O) groups excluding carboxylic acids is 1. The summed E-state index contributed by atoms with van der Waals surface area (Å²) in [4.78, 5) is 18.7. The molecule has 0 spiro atoms. The Bertz CT molecular complexity index is 862. The maximum absolute atomic E-state index is 13.3. The molecule has 0 saturated carbocycles. The SMILES string of the molecule is CN(C)c1ccc(C(=O)NC(c2ccncc2)c2ccc(F)cc2)cc1. The Labute approximate surface area is 152 Å². The summed E-state index contributed by atoms with van der Waals surface area (Å²) in [6, 6.07) is 16.8. The molecular formula is C21H20FN3O. The average molecular weight is 349 g/mol. The molecule has 4 nitrogen and oxygen atoms in total. The van der Waals surface area contributed by atoms with Gasteiger partial charge in [0.15, 0.2) is 0 Å². The van der Waals surface area contributed by atoms with E-state index in [1.54, 1.807) is 36.7 Å². The number of aromatic nitrogens is 1. The highest BCUT2D eigenvalue weighted by molar-refractivity contribution is 5.95. The van der Waals surface area contributed by atoms with Crippen molar-refractivity contribution < 1.29 is 9.18 Å². The number of carbonyl (C=O) groups is 1. The average Bonchev–Trinajstić information content (AvgIpc) is 2.67. The minimum atomic E-state index is -0.389. The van der Waals surface area contributed by atoms with Crippen LogP contribution < -0.4 is 10.2 Å². The maximum Gasteiger partial charge on any atom is 0.252 e. The molecule has 1 unspecified atom stereocenters. The quantitative estimate of drug-likeness (QED) is 0.762. The van der Waals surface area contributed by atoms with E-state index in [0.29, 0.717) is 5.56 Å². The second kappa shape index (κ2) is 7.78. The Morgan fingerprint density at radius 1 is 0.923 bits per heavy atom. The summed E-state index contributed by atoms with van der Waals surface area (Å²) in [7, 11) is 3.90. The van der Waals surface area contributed by atoms with E-state index in [-0.39, 0.29) is 17.8 Å². The third kappa shape index (κ3) is 4.06. The van der Waals surface area contributed by atoms with Gasteiger partial charge in [-0.05, 0) is 59.7 Å². The monoisotopic (exact) mass is 349 g/mol. The molecule has 1 atom stereocenters. The second-order valence-electron chi connectivity index (χ2n) is 6.18. The summed E-state index contributed by atoms with van der Waals surface area (Å²) in [5.74, 6) is -0.505. The van der Waals surface area contributed by atoms with Crippen LogP contribution in [-0.4, -0.2) is 25.0 Å². The van der Waals surface area contributed by atoms with Crippen LogP contribution in [0.1, 0.15) is 27.5 Å². The first kappa shape index (κ1) is 17.6. The van der Waals surface area contributed by atoms with Gasteiger partial charge < -0.3 is 10.2 Å². The van der Waals surface area contributed by atoms with Gasteiger partial charge in [-0.3, -0.25) is 9.78 Å². The van der Waals surface area contributed by atoms with Crippen LogP contribution in [0.4, 0.5) is 10.1 Å². The van der Waals surface area contributed by atoms with Gasteiger partial charge in [0.2, 0.25) is 0 Å². The van der Waals surface area contributed by atoms with E-state index in [1.807, 2.05) is 43.3 Å². The van der Waals surface area contributed by atoms with E-state index >= 15 is 0 Å². The highest BCUT2D eigenvalue weighted by Crippen LogP contribution is 2.23. The van der Waals surface area contributed by atoms with Gasteiger partial charge >= 0.3 is 0 Å². The number of nitrogens with one attached hydrogen (secondary N) is 1. The highest BCUT2D eigenvalue weighted by Gasteiger charge is 2.18. The van der Waals surface area contributed by atoms with E-state index < -0.39 is 0 Å². The molecule has 0 bridgehead atoms. The van der Waals surface area contributed by atoms with Crippen molar-refractivity contribution in [2.75, 3.05) is 19.0 Å². The number of nitrogens with zero attached hydrogens (tertiary/aromatic N) is 2. The fourth-order valence-corrected chi connectivity index (χ4v) is 2.70. The molecule has 1 amide bonds. The molecule has 26 heavy (non-hydrogen) atoms. The van der Waals surface area contributed by atoms with Gasteiger partial charge in [0.25, 0.3) is 5.91 Å². The molecule has 3 rings (SSSR count). The van der Waals surface area contributed by atoms with Gasteiger partial charge in [-0.15, -0.1) is 0 Å². The first-order chi connectivity index (χ1) is 12.5. The number of rotatable bonds is 5. The van der Waals surface area contributed by atoms with Crippen molar-refractivity contribution in [3.63, 3.8) is 0 Å². The van der Waals surface area contributed by atoms with Crippen molar-refractivity contribution in [3.8, 4) is 0 Å². The number of pyridine rings is 1. The van der Waals surface area contributed by atoms with Gasteiger partial charge in [-0.1, -0.05) is 12.1 Å². The molecule has 1 aromatic heterocycles. The standard InChI is InChI=1S/C21H20FN3O/c1-25(2)19-9-5-17(6-10-19)21(26)24-20(16-11-13-23-14-12-16)15-3-7-18(22)8-4-15/h3-14,20H,1-2H3,(H,24,26). The van der Waals surface area contributed by atoms with Crippen molar-refractivity contribution in [3.05, 3.63) is 95.6 Å². The van der Waals surface area contributed by atoms with Crippen LogP contribution in [0.3, 0.4) is 0 Å². The van der Waals surface area contributed by atoms with Crippen molar-refractivity contribution in [2.24, 2.45) is 0 Å². The van der Waals surface area contributed by atoms with Crippen molar-refractivity contribution in [1.82, 2.24) is 10.3 Å². The molecule has 1 N–H and O–H groups in total. The number of hydrogen-bond donors (Lipinski definition) is 1. The third-order valence-corrected chi connectivity index (χ3v) is 4.16. The van der Waals surface area contributed by atoms with Crippen LogP contribution in [0.5, 0.6) is 0 Å². The molecule has 5 heteroatoms. The van der Waals surface area contributed by atoms with E-state index in [9.17, 15) is 9.18 Å². The summed E-state index contributed by atoms with van der Waals surface area (Å²) in [5, 5.41) is 3.03. The normalized spacial score (nSPS) is 11.7. The van der Waals surface area contributed by atoms with Crippen molar-refractivity contribution >= 4 is 11.6 Å².